The van der Waals surface area contributed by atoms with Crippen LogP contribution >= 0.6 is 0 Å². The minimum atomic E-state index is -3.82. The zero-order valence-corrected chi connectivity index (χ0v) is 14.9. The van der Waals surface area contributed by atoms with Crippen LogP contribution in [0.25, 0.3) is 0 Å². The molecule has 7 heteroatoms. The average Bonchev–Trinajstić information content (AvgIpc) is 2.60. The molecule has 0 bridgehead atoms. The Hall–Kier alpha value is -2.25. The second kappa shape index (κ2) is 7.55. The summed E-state index contributed by atoms with van der Waals surface area (Å²) in [5.41, 5.74) is 0.741. The summed E-state index contributed by atoms with van der Waals surface area (Å²) >= 11 is 0. The highest BCUT2D eigenvalue weighted by Gasteiger charge is 2.24. The van der Waals surface area contributed by atoms with Crippen LogP contribution in [0.5, 0.6) is 17.2 Å². The molecule has 0 aliphatic heterocycles. The van der Waals surface area contributed by atoms with Crippen molar-refractivity contribution in [3.63, 3.8) is 0 Å². The molecule has 24 heavy (non-hydrogen) atoms. The van der Waals surface area contributed by atoms with E-state index in [9.17, 15) is 8.42 Å². The van der Waals surface area contributed by atoms with Gasteiger partial charge in [-0.05, 0) is 25.1 Å². The van der Waals surface area contributed by atoms with Gasteiger partial charge in [0.15, 0.2) is 0 Å². The Balaban J connectivity index is 2.38. The van der Waals surface area contributed by atoms with Crippen LogP contribution in [0, 0.1) is 0 Å². The van der Waals surface area contributed by atoms with Gasteiger partial charge in [0.2, 0.25) is 10.0 Å². The lowest BCUT2D eigenvalue weighted by Gasteiger charge is -2.18. The van der Waals surface area contributed by atoms with Crippen LogP contribution < -0.4 is 18.9 Å². The molecule has 0 radical (unpaired) electrons. The van der Waals surface area contributed by atoms with E-state index in [-0.39, 0.29) is 10.6 Å². The Morgan fingerprint density at radius 3 is 2.21 bits per heavy atom. The first-order chi connectivity index (χ1) is 11.4. The highest BCUT2D eigenvalue weighted by Crippen LogP contribution is 2.31. The third kappa shape index (κ3) is 3.80. The molecule has 2 aromatic rings. The topological polar surface area (TPSA) is 73.9 Å². The van der Waals surface area contributed by atoms with E-state index in [1.807, 2.05) is 18.2 Å². The Morgan fingerprint density at radius 2 is 1.58 bits per heavy atom. The molecule has 0 spiro atoms. The number of para-hydroxylation sites is 1. The summed E-state index contributed by atoms with van der Waals surface area (Å²) in [5.74, 6) is 1.29. The summed E-state index contributed by atoms with van der Waals surface area (Å²) in [6, 6.07) is 11.4. The van der Waals surface area contributed by atoms with Gasteiger partial charge in [-0.25, -0.2) is 13.1 Å². The zero-order chi connectivity index (χ0) is 17.7. The maximum atomic E-state index is 12.8. The summed E-state index contributed by atoms with van der Waals surface area (Å²) in [7, 11) is 0.625. The molecular weight excluding hydrogens is 330 g/mol. The van der Waals surface area contributed by atoms with Crippen LogP contribution in [0.15, 0.2) is 47.4 Å². The minimum Gasteiger partial charge on any atom is -0.497 e. The minimum absolute atomic E-state index is 0.0195. The second-order valence-corrected chi connectivity index (χ2v) is 6.78. The third-order valence-corrected chi connectivity index (χ3v) is 5.16. The molecule has 0 fully saturated rings. The van der Waals surface area contributed by atoms with Crippen molar-refractivity contribution in [1.82, 2.24) is 4.72 Å². The van der Waals surface area contributed by atoms with E-state index in [2.05, 4.69) is 4.72 Å². The van der Waals surface area contributed by atoms with Crippen LogP contribution in [-0.4, -0.2) is 29.7 Å². The van der Waals surface area contributed by atoms with Gasteiger partial charge in [0.1, 0.15) is 22.1 Å². The first kappa shape index (κ1) is 18.1. The quantitative estimate of drug-likeness (QED) is 0.830. The maximum Gasteiger partial charge on any atom is 0.244 e. The Bertz CT molecular complexity index is 804. The lowest BCUT2D eigenvalue weighted by Crippen LogP contribution is -2.27. The summed E-state index contributed by atoms with van der Waals surface area (Å²) in [6.45, 7) is 1.75. The van der Waals surface area contributed by atoms with Gasteiger partial charge in [-0.2, -0.15) is 0 Å². The number of ether oxygens (including phenoxy) is 3. The number of benzene rings is 2. The normalized spacial score (nSPS) is 12.5. The largest absolute Gasteiger partial charge is 0.497 e. The number of sulfonamides is 1. The van der Waals surface area contributed by atoms with E-state index in [0.29, 0.717) is 11.5 Å². The predicted octanol–water partition coefficient (Wildman–Crippen LogP) is 2.75. The van der Waals surface area contributed by atoms with E-state index in [1.54, 1.807) is 32.2 Å². The van der Waals surface area contributed by atoms with E-state index >= 15 is 0 Å². The van der Waals surface area contributed by atoms with Crippen LogP contribution in [0.2, 0.25) is 0 Å². The van der Waals surface area contributed by atoms with Gasteiger partial charge in [-0.1, -0.05) is 18.2 Å². The molecule has 2 rings (SSSR count). The Morgan fingerprint density at radius 1 is 0.917 bits per heavy atom. The third-order valence-electron chi connectivity index (χ3n) is 3.60. The van der Waals surface area contributed by atoms with Crippen molar-refractivity contribution in [2.24, 2.45) is 0 Å². The van der Waals surface area contributed by atoms with Gasteiger partial charge >= 0.3 is 0 Å². The second-order valence-electron chi connectivity index (χ2n) is 5.10. The SMILES string of the molecule is COc1ccc(OC)c(S(=O)(=O)NC(C)c2ccccc2OC)c1. The van der Waals surface area contributed by atoms with Crippen molar-refractivity contribution >= 4 is 10.0 Å². The number of methoxy groups -OCH3 is 3. The fourth-order valence-electron chi connectivity index (χ4n) is 2.38. The molecule has 0 aromatic heterocycles. The highest BCUT2D eigenvalue weighted by atomic mass is 32.2. The number of hydrogen-bond donors (Lipinski definition) is 1. The van der Waals surface area contributed by atoms with Gasteiger partial charge in [-0.15, -0.1) is 0 Å². The van der Waals surface area contributed by atoms with Crippen molar-refractivity contribution in [1.29, 1.82) is 0 Å². The molecule has 0 heterocycles. The molecular formula is C17H21NO5S. The molecule has 6 nitrogen and oxygen atoms in total. The fourth-order valence-corrected chi connectivity index (χ4v) is 3.78. The molecule has 0 aliphatic carbocycles. The number of nitrogens with one attached hydrogen (secondary N) is 1. The summed E-state index contributed by atoms with van der Waals surface area (Å²) in [4.78, 5) is 0.0195. The number of hydrogen-bond acceptors (Lipinski definition) is 5. The van der Waals surface area contributed by atoms with E-state index < -0.39 is 16.1 Å². The van der Waals surface area contributed by atoms with Crippen LogP contribution in [0.4, 0.5) is 0 Å². The standard InChI is InChI=1S/C17H21NO5S/c1-12(14-7-5-6-8-15(14)22-3)18-24(19,20)17-11-13(21-2)9-10-16(17)23-4/h5-12,18H,1-4H3. The maximum absolute atomic E-state index is 12.8. The predicted molar refractivity (Wildman–Crippen MR) is 91.3 cm³/mol. The smallest absolute Gasteiger partial charge is 0.244 e. The van der Waals surface area contributed by atoms with E-state index in [0.717, 1.165) is 5.56 Å². The van der Waals surface area contributed by atoms with Crippen molar-refractivity contribution in [2.75, 3.05) is 21.3 Å². The lowest BCUT2D eigenvalue weighted by atomic mass is 10.1. The van der Waals surface area contributed by atoms with E-state index in [4.69, 9.17) is 14.2 Å². The van der Waals surface area contributed by atoms with E-state index in [1.165, 1.54) is 20.3 Å². The molecule has 130 valence electrons. The molecule has 1 atom stereocenters. The first-order valence-electron chi connectivity index (χ1n) is 7.30. The summed E-state index contributed by atoms with van der Waals surface area (Å²) < 4.78 is 43.8. The molecule has 0 aliphatic rings. The van der Waals surface area contributed by atoms with Gasteiger partial charge in [0.05, 0.1) is 21.3 Å². The summed E-state index contributed by atoms with van der Waals surface area (Å²) in [6.07, 6.45) is 0. The van der Waals surface area contributed by atoms with Gasteiger partial charge < -0.3 is 14.2 Å². The van der Waals surface area contributed by atoms with Crippen LogP contribution in [0.3, 0.4) is 0 Å². The average molecular weight is 351 g/mol. The van der Waals surface area contributed by atoms with Gasteiger partial charge in [-0.3, -0.25) is 0 Å². The van der Waals surface area contributed by atoms with Crippen LogP contribution in [-0.2, 0) is 10.0 Å². The van der Waals surface area contributed by atoms with Crippen molar-refractivity contribution in [2.45, 2.75) is 17.9 Å². The molecule has 0 amide bonds. The Kier molecular flexibility index (Phi) is 5.69. The number of rotatable bonds is 7. The van der Waals surface area contributed by atoms with Gasteiger partial charge in [0.25, 0.3) is 0 Å². The van der Waals surface area contributed by atoms with Crippen molar-refractivity contribution < 1.29 is 22.6 Å². The lowest BCUT2D eigenvalue weighted by molar-refractivity contribution is 0.391. The summed E-state index contributed by atoms with van der Waals surface area (Å²) in [5, 5.41) is 0. The monoisotopic (exact) mass is 351 g/mol. The highest BCUT2D eigenvalue weighted by molar-refractivity contribution is 7.89. The molecule has 0 saturated carbocycles. The zero-order valence-electron chi connectivity index (χ0n) is 14.1. The molecule has 2 aromatic carbocycles. The molecule has 0 saturated heterocycles. The van der Waals surface area contributed by atoms with Gasteiger partial charge in [0, 0.05) is 17.7 Å². The fraction of sp³-hybridized carbons (Fsp3) is 0.294. The Labute approximate surface area is 142 Å². The molecule has 1 N–H and O–H groups in total. The molecule has 1 unspecified atom stereocenters. The first-order valence-corrected chi connectivity index (χ1v) is 8.78. The van der Waals surface area contributed by atoms with Crippen molar-refractivity contribution in [3.05, 3.63) is 48.0 Å². The van der Waals surface area contributed by atoms with Crippen molar-refractivity contribution in [3.8, 4) is 17.2 Å². The van der Waals surface area contributed by atoms with Crippen LogP contribution in [0.1, 0.15) is 18.5 Å².